The number of rotatable bonds is 8. The molecule has 1 N–H and O–H groups in total. The van der Waals surface area contributed by atoms with Crippen molar-refractivity contribution in [1.82, 2.24) is 10.2 Å². The number of allylic oxidation sites excluding steroid dienone is 3. The van der Waals surface area contributed by atoms with E-state index in [1.54, 1.807) is 18.2 Å². The van der Waals surface area contributed by atoms with E-state index in [4.69, 9.17) is 4.74 Å². The van der Waals surface area contributed by atoms with Gasteiger partial charge in [0, 0.05) is 12.1 Å². The second-order valence-electron chi connectivity index (χ2n) is 6.03. The molecule has 0 aromatic heterocycles. The van der Waals surface area contributed by atoms with Gasteiger partial charge < -0.3 is 15.0 Å². The standard InChI is InChI=1S/C20H28N2O2/c1-7-10-17(8-2)13-15(3)21-20(23)24-19-12-9-11-18(14-19)16(4)22(5)6/h7-12,14-16H,1-2,13H2,3-6H3,(H,21,23)/b17-10+/t15-,16+/m1/s1. The summed E-state index contributed by atoms with van der Waals surface area (Å²) in [7, 11) is 4.03. The van der Waals surface area contributed by atoms with E-state index < -0.39 is 6.09 Å². The predicted octanol–water partition coefficient (Wildman–Crippen LogP) is 4.47. The van der Waals surface area contributed by atoms with E-state index in [1.807, 2.05) is 45.3 Å². The van der Waals surface area contributed by atoms with E-state index >= 15 is 0 Å². The number of amides is 1. The predicted molar refractivity (Wildman–Crippen MR) is 100 cm³/mol. The van der Waals surface area contributed by atoms with Gasteiger partial charge in [0.25, 0.3) is 0 Å². The molecule has 1 aromatic carbocycles. The molecule has 0 aliphatic rings. The molecule has 0 unspecified atom stereocenters. The van der Waals surface area contributed by atoms with Crippen LogP contribution in [0.2, 0.25) is 0 Å². The lowest BCUT2D eigenvalue weighted by Gasteiger charge is -2.20. The van der Waals surface area contributed by atoms with Gasteiger partial charge in [0.05, 0.1) is 0 Å². The molecule has 1 amide bonds. The lowest BCUT2D eigenvalue weighted by atomic mass is 10.1. The fourth-order valence-corrected chi connectivity index (χ4v) is 2.25. The molecule has 24 heavy (non-hydrogen) atoms. The molecule has 130 valence electrons. The minimum atomic E-state index is -0.459. The van der Waals surface area contributed by atoms with Crippen molar-refractivity contribution < 1.29 is 9.53 Å². The van der Waals surface area contributed by atoms with Crippen LogP contribution in [0.1, 0.15) is 31.9 Å². The van der Waals surface area contributed by atoms with Crippen LogP contribution in [0, 0.1) is 0 Å². The van der Waals surface area contributed by atoms with Crippen LogP contribution in [-0.4, -0.2) is 31.1 Å². The van der Waals surface area contributed by atoms with E-state index in [1.165, 1.54) is 0 Å². The van der Waals surface area contributed by atoms with E-state index in [0.29, 0.717) is 12.2 Å². The number of ether oxygens (including phenoxy) is 1. The normalized spacial score (nSPS) is 14.0. The second kappa shape index (κ2) is 9.73. The Morgan fingerprint density at radius 1 is 1.33 bits per heavy atom. The van der Waals surface area contributed by atoms with Crippen LogP contribution in [-0.2, 0) is 0 Å². The molecule has 0 saturated carbocycles. The summed E-state index contributed by atoms with van der Waals surface area (Å²) >= 11 is 0. The third kappa shape index (κ3) is 6.42. The first-order valence-electron chi connectivity index (χ1n) is 8.06. The van der Waals surface area contributed by atoms with Crippen molar-refractivity contribution in [1.29, 1.82) is 0 Å². The molecule has 2 atom stereocenters. The molecule has 0 aliphatic heterocycles. The number of carbonyl (C=O) groups excluding carboxylic acids is 1. The smallest absolute Gasteiger partial charge is 0.410 e. The summed E-state index contributed by atoms with van der Waals surface area (Å²) in [4.78, 5) is 14.2. The molecule has 1 rings (SSSR count). The van der Waals surface area contributed by atoms with Crippen LogP contribution in [0.4, 0.5) is 4.79 Å². The Hall–Kier alpha value is -2.33. The summed E-state index contributed by atoms with van der Waals surface area (Å²) in [6.45, 7) is 11.4. The minimum Gasteiger partial charge on any atom is -0.410 e. The minimum absolute atomic E-state index is 0.0643. The molecule has 4 nitrogen and oxygen atoms in total. The fourth-order valence-electron chi connectivity index (χ4n) is 2.25. The highest BCUT2D eigenvalue weighted by molar-refractivity contribution is 5.70. The van der Waals surface area contributed by atoms with Crippen molar-refractivity contribution in [2.24, 2.45) is 0 Å². The Labute approximate surface area is 145 Å². The van der Waals surface area contributed by atoms with Crippen LogP contribution in [0.5, 0.6) is 5.75 Å². The number of nitrogens with one attached hydrogen (secondary N) is 1. The molecule has 0 radical (unpaired) electrons. The van der Waals surface area contributed by atoms with Crippen molar-refractivity contribution in [2.45, 2.75) is 32.4 Å². The maximum absolute atomic E-state index is 12.1. The molecular formula is C20H28N2O2. The van der Waals surface area contributed by atoms with Crippen molar-refractivity contribution in [3.63, 3.8) is 0 Å². The summed E-state index contributed by atoms with van der Waals surface area (Å²) < 4.78 is 5.40. The van der Waals surface area contributed by atoms with Gasteiger partial charge in [0.2, 0.25) is 0 Å². The first-order valence-corrected chi connectivity index (χ1v) is 8.06. The maximum atomic E-state index is 12.1. The number of hydrogen-bond donors (Lipinski definition) is 1. The van der Waals surface area contributed by atoms with Crippen LogP contribution >= 0.6 is 0 Å². The van der Waals surface area contributed by atoms with E-state index in [9.17, 15) is 4.79 Å². The molecule has 0 heterocycles. The Bertz CT molecular complexity index is 605. The fraction of sp³-hybridized carbons (Fsp3) is 0.350. The van der Waals surface area contributed by atoms with E-state index in [-0.39, 0.29) is 12.1 Å². The van der Waals surface area contributed by atoms with Crippen LogP contribution in [0.15, 0.2) is 61.2 Å². The van der Waals surface area contributed by atoms with E-state index in [0.717, 1.165) is 11.1 Å². The highest BCUT2D eigenvalue weighted by Crippen LogP contribution is 2.22. The zero-order chi connectivity index (χ0) is 18.1. The molecule has 0 spiro atoms. The van der Waals surface area contributed by atoms with Crippen LogP contribution in [0.3, 0.4) is 0 Å². The van der Waals surface area contributed by atoms with Gasteiger partial charge in [-0.15, -0.1) is 0 Å². The summed E-state index contributed by atoms with van der Waals surface area (Å²) in [5.41, 5.74) is 2.11. The third-order valence-corrected chi connectivity index (χ3v) is 3.83. The van der Waals surface area contributed by atoms with Gasteiger partial charge in [-0.25, -0.2) is 4.79 Å². The van der Waals surface area contributed by atoms with Crippen LogP contribution < -0.4 is 10.1 Å². The Kier molecular flexibility index (Phi) is 7.99. The average Bonchev–Trinajstić information content (AvgIpc) is 2.53. The third-order valence-electron chi connectivity index (χ3n) is 3.83. The highest BCUT2D eigenvalue weighted by Gasteiger charge is 2.12. The molecule has 0 saturated heterocycles. The van der Waals surface area contributed by atoms with Gasteiger partial charge in [-0.05, 0) is 57.6 Å². The van der Waals surface area contributed by atoms with Gasteiger partial charge in [-0.2, -0.15) is 0 Å². The lowest BCUT2D eigenvalue weighted by molar-refractivity contribution is 0.196. The largest absolute Gasteiger partial charge is 0.412 e. The van der Waals surface area contributed by atoms with Crippen molar-refractivity contribution >= 4 is 6.09 Å². The Morgan fingerprint density at radius 3 is 2.62 bits per heavy atom. The molecule has 0 fully saturated rings. The van der Waals surface area contributed by atoms with Crippen molar-refractivity contribution in [3.05, 3.63) is 66.8 Å². The van der Waals surface area contributed by atoms with Crippen molar-refractivity contribution in [3.8, 4) is 5.75 Å². The average molecular weight is 328 g/mol. The molecule has 1 aromatic rings. The quantitative estimate of drug-likeness (QED) is 0.716. The van der Waals surface area contributed by atoms with Gasteiger partial charge in [0.1, 0.15) is 5.75 Å². The first-order chi connectivity index (χ1) is 11.4. The molecule has 4 heteroatoms. The molecule has 0 aliphatic carbocycles. The SMILES string of the molecule is C=C/C=C(\C=C)C[C@@H](C)NC(=O)Oc1cccc([C@H](C)N(C)C)c1. The summed E-state index contributed by atoms with van der Waals surface area (Å²) in [5.74, 6) is 0.538. The topological polar surface area (TPSA) is 41.6 Å². The number of benzene rings is 1. The monoisotopic (exact) mass is 328 g/mol. The summed E-state index contributed by atoms with van der Waals surface area (Å²) in [6.07, 6.45) is 5.56. The van der Waals surface area contributed by atoms with Crippen LogP contribution in [0.25, 0.3) is 0 Å². The zero-order valence-corrected chi connectivity index (χ0v) is 15.1. The Morgan fingerprint density at radius 2 is 2.04 bits per heavy atom. The van der Waals surface area contributed by atoms with Gasteiger partial charge in [-0.3, -0.25) is 0 Å². The van der Waals surface area contributed by atoms with Crippen molar-refractivity contribution in [2.75, 3.05) is 14.1 Å². The Balaban J connectivity index is 2.65. The summed E-state index contributed by atoms with van der Waals surface area (Å²) in [5, 5.41) is 2.83. The number of nitrogens with zero attached hydrogens (tertiary/aromatic N) is 1. The number of hydrogen-bond acceptors (Lipinski definition) is 3. The molecule has 0 bridgehead atoms. The maximum Gasteiger partial charge on any atom is 0.412 e. The van der Waals surface area contributed by atoms with Gasteiger partial charge in [-0.1, -0.05) is 43.5 Å². The second-order valence-corrected chi connectivity index (χ2v) is 6.03. The highest BCUT2D eigenvalue weighted by atomic mass is 16.6. The molecular weight excluding hydrogens is 300 g/mol. The first kappa shape index (κ1) is 19.7. The van der Waals surface area contributed by atoms with Gasteiger partial charge in [0.15, 0.2) is 0 Å². The zero-order valence-electron chi connectivity index (χ0n) is 15.1. The summed E-state index contributed by atoms with van der Waals surface area (Å²) in [6, 6.07) is 7.77. The van der Waals surface area contributed by atoms with E-state index in [2.05, 4.69) is 30.3 Å². The number of carbonyl (C=O) groups is 1. The van der Waals surface area contributed by atoms with Gasteiger partial charge >= 0.3 is 6.09 Å². The lowest BCUT2D eigenvalue weighted by Crippen LogP contribution is -2.35.